The predicted molar refractivity (Wildman–Crippen MR) is 72.5 cm³/mol. The van der Waals surface area contributed by atoms with Crippen LogP contribution in [0.25, 0.3) is 15.9 Å². The molecule has 1 N–H and O–H groups in total. The van der Waals surface area contributed by atoms with Crippen molar-refractivity contribution in [1.82, 2.24) is 9.55 Å². The van der Waals surface area contributed by atoms with Crippen molar-refractivity contribution in [2.75, 3.05) is 0 Å². The van der Waals surface area contributed by atoms with Crippen LogP contribution in [0.15, 0.2) is 34.4 Å². The van der Waals surface area contributed by atoms with Gasteiger partial charge in [0.15, 0.2) is 4.77 Å². The van der Waals surface area contributed by atoms with Crippen molar-refractivity contribution in [3.63, 3.8) is 0 Å². The highest BCUT2D eigenvalue weighted by atomic mass is 32.1. The Morgan fingerprint density at radius 2 is 1.89 bits per heavy atom. The van der Waals surface area contributed by atoms with Gasteiger partial charge in [0.05, 0.1) is 5.52 Å². The van der Waals surface area contributed by atoms with E-state index in [1.54, 1.807) is 11.4 Å². The quantitative estimate of drug-likeness (QED) is 0.699. The molecule has 96 valence electrons. The smallest absolute Gasteiger partial charge is 0.277 e. The first-order chi connectivity index (χ1) is 9.09. The average Bonchev–Trinajstić information content (AvgIpc) is 2.81. The second-order valence-electron chi connectivity index (χ2n) is 3.80. The molecule has 2 heterocycles. The van der Waals surface area contributed by atoms with Crippen molar-refractivity contribution in [2.24, 2.45) is 0 Å². The van der Waals surface area contributed by atoms with Gasteiger partial charge in [0.25, 0.3) is 5.56 Å². The molecule has 0 aliphatic heterocycles. The normalized spacial score (nSPS) is 11.1. The lowest BCUT2D eigenvalue weighted by molar-refractivity contribution is 0.565. The summed E-state index contributed by atoms with van der Waals surface area (Å²) in [4.78, 5) is 15.1. The number of fused-ring (bicyclic) bond motifs is 1. The second kappa shape index (κ2) is 4.36. The van der Waals surface area contributed by atoms with Crippen molar-refractivity contribution in [3.8, 4) is 5.69 Å². The van der Waals surface area contributed by atoms with Gasteiger partial charge in [0, 0.05) is 0 Å². The molecule has 2 aromatic heterocycles. The van der Waals surface area contributed by atoms with E-state index in [1.165, 1.54) is 17.4 Å². The molecule has 3 aromatic rings. The maximum absolute atomic E-state index is 13.8. The van der Waals surface area contributed by atoms with E-state index in [0.29, 0.717) is 10.2 Å². The Balaban J connectivity index is 2.50. The van der Waals surface area contributed by atoms with Gasteiger partial charge >= 0.3 is 0 Å². The Labute approximate surface area is 114 Å². The second-order valence-corrected chi connectivity index (χ2v) is 5.11. The number of para-hydroxylation sites is 1. The Morgan fingerprint density at radius 3 is 2.58 bits per heavy atom. The van der Waals surface area contributed by atoms with Gasteiger partial charge in [-0.15, -0.1) is 11.3 Å². The molecule has 0 fully saturated rings. The summed E-state index contributed by atoms with van der Waals surface area (Å²) in [7, 11) is 0. The first-order valence-corrected chi connectivity index (χ1v) is 6.55. The number of nitrogens with one attached hydrogen (secondary N) is 1. The fourth-order valence-corrected chi connectivity index (χ4v) is 2.91. The molecule has 0 saturated heterocycles. The molecular formula is C12H6F2N2OS2. The number of thiophene rings is 1. The van der Waals surface area contributed by atoms with E-state index in [0.717, 1.165) is 16.7 Å². The number of aromatic nitrogens is 2. The molecule has 0 radical (unpaired) electrons. The fraction of sp³-hybridized carbons (Fsp3) is 0. The minimum Gasteiger partial charge on any atom is -0.331 e. The summed E-state index contributed by atoms with van der Waals surface area (Å²) in [6.45, 7) is 0. The molecular weight excluding hydrogens is 290 g/mol. The number of hydrogen-bond acceptors (Lipinski definition) is 3. The van der Waals surface area contributed by atoms with E-state index >= 15 is 0 Å². The molecule has 3 nitrogen and oxygen atoms in total. The molecule has 0 unspecified atom stereocenters. The lowest BCUT2D eigenvalue weighted by Crippen LogP contribution is -2.21. The first kappa shape index (κ1) is 12.2. The van der Waals surface area contributed by atoms with Crippen LogP contribution in [-0.4, -0.2) is 9.55 Å². The summed E-state index contributed by atoms with van der Waals surface area (Å²) in [6, 6.07) is 5.09. The van der Waals surface area contributed by atoms with Gasteiger partial charge < -0.3 is 4.98 Å². The molecule has 0 atom stereocenters. The summed E-state index contributed by atoms with van der Waals surface area (Å²) in [6.07, 6.45) is 0. The molecule has 0 spiro atoms. The number of hydrogen-bond donors (Lipinski definition) is 1. The van der Waals surface area contributed by atoms with Crippen molar-refractivity contribution < 1.29 is 8.78 Å². The number of halogens is 2. The SMILES string of the molecule is O=c1c2sccc2[nH]c(=S)n1-c1c(F)cccc1F. The average molecular weight is 296 g/mol. The highest BCUT2D eigenvalue weighted by Gasteiger charge is 2.15. The van der Waals surface area contributed by atoms with E-state index in [1.807, 2.05) is 0 Å². The van der Waals surface area contributed by atoms with E-state index < -0.39 is 22.9 Å². The highest BCUT2D eigenvalue weighted by Crippen LogP contribution is 2.19. The van der Waals surface area contributed by atoms with Gasteiger partial charge in [-0.05, 0) is 35.8 Å². The molecule has 0 bridgehead atoms. The first-order valence-electron chi connectivity index (χ1n) is 5.26. The Bertz CT molecular complexity index is 874. The lowest BCUT2D eigenvalue weighted by Gasteiger charge is -2.08. The summed E-state index contributed by atoms with van der Waals surface area (Å²) < 4.78 is 28.7. The highest BCUT2D eigenvalue weighted by molar-refractivity contribution is 7.71. The van der Waals surface area contributed by atoms with Gasteiger partial charge in [-0.2, -0.15) is 0 Å². The third kappa shape index (κ3) is 1.82. The van der Waals surface area contributed by atoms with Crippen LogP contribution >= 0.6 is 23.6 Å². The monoisotopic (exact) mass is 296 g/mol. The zero-order valence-corrected chi connectivity index (χ0v) is 10.9. The summed E-state index contributed by atoms with van der Waals surface area (Å²) in [5, 5.41) is 1.71. The minimum atomic E-state index is -0.836. The topological polar surface area (TPSA) is 37.8 Å². The molecule has 0 aliphatic rings. The molecule has 19 heavy (non-hydrogen) atoms. The largest absolute Gasteiger partial charge is 0.331 e. The summed E-state index contributed by atoms with van der Waals surface area (Å²) >= 11 is 6.20. The predicted octanol–water partition coefficient (Wildman–Crippen LogP) is 3.39. The third-order valence-electron chi connectivity index (χ3n) is 2.67. The van der Waals surface area contributed by atoms with Gasteiger partial charge in [0.2, 0.25) is 0 Å². The van der Waals surface area contributed by atoms with E-state index in [-0.39, 0.29) is 4.77 Å². The molecule has 1 aromatic carbocycles. The van der Waals surface area contributed by atoms with E-state index in [9.17, 15) is 13.6 Å². The van der Waals surface area contributed by atoms with Gasteiger partial charge in [-0.25, -0.2) is 13.3 Å². The maximum Gasteiger partial charge on any atom is 0.277 e. The van der Waals surface area contributed by atoms with Crippen molar-refractivity contribution in [2.45, 2.75) is 0 Å². The Kier molecular flexibility index (Phi) is 2.79. The standard InChI is InChI=1S/C12H6F2N2OS2/c13-6-2-1-3-7(14)9(6)16-11(17)10-8(4-5-19-10)15-12(16)18/h1-5H,(H,15,18). The van der Waals surface area contributed by atoms with Gasteiger partial charge in [-0.3, -0.25) is 4.79 Å². The van der Waals surface area contributed by atoms with Crippen LogP contribution < -0.4 is 5.56 Å². The van der Waals surface area contributed by atoms with Crippen LogP contribution in [0.2, 0.25) is 0 Å². The number of rotatable bonds is 1. The number of benzene rings is 1. The van der Waals surface area contributed by atoms with Crippen LogP contribution in [0.1, 0.15) is 0 Å². The zero-order chi connectivity index (χ0) is 13.6. The molecule has 0 amide bonds. The molecule has 0 aliphatic carbocycles. The number of aromatic amines is 1. The summed E-state index contributed by atoms with van der Waals surface area (Å²) in [5.74, 6) is -1.67. The molecule has 3 rings (SSSR count). The van der Waals surface area contributed by atoms with Gasteiger partial charge in [-0.1, -0.05) is 6.07 Å². The number of H-pyrrole nitrogens is 1. The van der Waals surface area contributed by atoms with Crippen LogP contribution in [0.4, 0.5) is 8.78 Å². The van der Waals surface area contributed by atoms with Crippen molar-refractivity contribution in [3.05, 3.63) is 56.4 Å². The van der Waals surface area contributed by atoms with Crippen LogP contribution in [0.3, 0.4) is 0 Å². The van der Waals surface area contributed by atoms with E-state index in [2.05, 4.69) is 4.98 Å². The van der Waals surface area contributed by atoms with Crippen molar-refractivity contribution >= 4 is 33.8 Å². The fourth-order valence-electron chi connectivity index (χ4n) is 1.84. The van der Waals surface area contributed by atoms with Crippen molar-refractivity contribution in [1.29, 1.82) is 0 Å². The van der Waals surface area contributed by atoms with Crippen LogP contribution in [0, 0.1) is 16.4 Å². The van der Waals surface area contributed by atoms with Gasteiger partial charge in [0.1, 0.15) is 22.0 Å². The lowest BCUT2D eigenvalue weighted by atomic mass is 10.3. The van der Waals surface area contributed by atoms with E-state index in [4.69, 9.17) is 12.2 Å². The van der Waals surface area contributed by atoms with Crippen LogP contribution in [-0.2, 0) is 0 Å². The maximum atomic E-state index is 13.8. The number of nitrogens with zero attached hydrogens (tertiary/aromatic N) is 1. The molecule has 0 saturated carbocycles. The third-order valence-corrected chi connectivity index (χ3v) is 3.86. The minimum absolute atomic E-state index is 0.0418. The summed E-state index contributed by atoms with van der Waals surface area (Å²) in [5.41, 5.74) is -0.421. The zero-order valence-electron chi connectivity index (χ0n) is 9.31. The van der Waals surface area contributed by atoms with Crippen LogP contribution in [0.5, 0.6) is 0 Å². The Hall–Kier alpha value is -1.86. The molecule has 7 heteroatoms. The Morgan fingerprint density at radius 1 is 1.21 bits per heavy atom.